The first-order chi connectivity index (χ1) is 8.16. The highest BCUT2D eigenvalue weighted by molar-refractivity contribution is 7.16. The Labute approximate surface area is 107 Å². The Morgan fingerprint density at radius 3 is 2.82 bits per heavy atom. The molecule has 1 unspecified atom stereocenters. The van der Waals surface area contributed by atoms with Crippen molar-refractivity contribution in [2.45, 2.75) is 12.3 Å². The van der Waals surface area contributed by atoms with Crippen LogP contribution in [0.4, 0.5) is 0 Å². The maximum Gasteiger partial charge on any atom is 0.304 e. The van der Waals surface area contributed by atoms with Crippen molar-refractivity contribution >= 4 is 28.9 Å². The minimum absolute atomic E-state index is 0.00610. The highest BCUT2D eigenvalue weighted by atomic mass is 35.5. The van der Waals surface area contributed by atoms with Gasteiger partial charge in [0.25, 0.3) is 0 Å². The summed E-state index contributed by atoms with van der Waals surface area (Å²) in [6, 6.07) is 5.32. The molecule has 88 valence electrons. The van der Waals surface area contributed by atoms with Gasteiger partial charge in [-0.25, -0.2) is 9.97 Å². The molecule has 0 saturated carbocycles. The summed E-state index contributed by atoms with van der Waals surface area (Å²) in [5.41, 5.74) is 0.695. The summed E-state index contributed by atoms with van der Waals surface area (Å²) in [5.74, 6) is -1.13. The molecule has 0 bridgehead atoms. The van der Waals surface area contributed by atoms with Crippen LogP contribution in [0.3, 0.4) is 0 Å². The van der Waals surface area contributed by atoms with Gasteiger partial charge in [-0.2, -0.15) is 0 Å². The first-order valence-corrected chi connectivity index (χ1v) is 6.09. The molecule has 4 nitrogen and oxygen atoms in total. The number of aromatic nitrogens is 2. The SMILES string of the molecule is O=C(O)CC(c1ccncn1)c1ccc(Cl)s1. The first kappa shape index (κ1) is 12.0. The van der Waals surface area contributed by atoms with Gasteiger partial charge in [0.2, 0.25) is 0 Å². The molecule has 1 N–H and O–H groups in total. The second kappa shape index (κ2) is 5.25. The van der Waals surface area contributed by atoms with Gasteiger partial charge in [-0.15, -0.1) is 11.3 Å². The van der Waals surface area contributed by atoms with Crippen molar-refractivity contribution < 1.29 is 9.90 Å². The highest BCUT2D eigenvalue weighted by Gasteiger charge is 2.20. The molecular formula is C11H9ClN2O2S. The molecule has 0 aliphatic rings. The quantitative estimate of drug-likeness (QED) is 0.926. The van der Waals surface area contributed by atoms with Gasteiger partial charge in [0.05, 0.1) is 16.5 Å². The van der Waals surface area contributed by atoms with Crippen LogP contribution in [0.1, 0.15) is 22.9 Å². The van der Waals surface area contributed by atoms with Crippen LogP contribution in [0.25, 0.3) is 0 Å². The smallest absolute Gasteiger partial charge is 0.304 e. The summed E-state index contributed by atoms with van der Waals surface area (Å²) in [7, 11) is 0. The molecule has 0 aliphatic heterocycles. The molecule has 2 heterocycles. The molecule has 1 atom stereocenters. The largest absolute Gasteiger partial charge is 0.481 e. The number of halogens is 1. The van der Waals surface area contributed by atoms with E-state index in [0.717, 1.165) is 4.88 Å². The molecule has 0 spiro atoms. The molecule has 0 amide bonds. The number of carbonyl (C=O) groups is 1. The number of rotatable bonds is 4. The number of nitrogens with zero attached hydrogens (tertiary/aromatic N) is 2. The van der Waals surface area contributed by atoms with E-state index < -0.39 is 5.97 Å². The number of thiophene rings is 1. The predicted octanol–water partition coefficient (Wildman–Crippen LogP) is 2.80. The molecule has 0 aromatic carbocycles. The van der Waals surface area contributed by atoms with Gasteiger partial charge >= 0.3 is 5.97 Å². The van der Waals surface area contributed by atoms with Crippen LogP contribution in [-0.4, -0.2) is 21.0 Å². The maximum absolute atomic E-state index is 10.9. The van der Waals surface area contributed by atoms with Gasteiger partial charge in [-0.3, -0.25) is 4.79 Å². The fraction of sp³-hybridized carbons (Fsp3) is 0.182. The molecule has 0 aliphatic carbocycles. The summed E-state index contributed by atoms with van der Waals surface area (Å²) >= 11 is 7.24. The Kier molecular flexibility index (Phi) is 3.71. The fourth-order valence-corrected chi connectivity index (χ4v) is 2.72. The standard InChI is InChI=1S/C11H9ClN2O2S/c12-10-2-1-9(17-10)7(5-11(15)16)8-3-4-13-6-14-8/h1-4,6-7H,5H2,(H,15,16). The third-order valence-corrected chi connectivity index (χ3v) is 3.62. The van der Waals surface area contributed by atoms with Gasteiger partial charge in [0, 0.05) is 17.0 Å². The van der Waals surface area contributed by atoms with E-state index in [9.17, 15) is 4.79 Å². The van der Waals surface area contributed by atoms with Crippen LogP contribution in [-0.2, 0) is 4.79 Å². The zero-order valence-electron chi connectivity index (χ0n) is 8.71. The molecule has 6 heteroatoms. The summed E-state index contributed by atoms with van der Waals surface area (Å²) in [6.07, 6.45) is 3.01. The minimum atomic E-state index is -0.863. The van der Waals surface area contributed by atoms with Gasteiger partial charge in [-0.05, 0) is 18.2 Å². The van der Waals surface area contributed by atoms with E-state index in [2.05, 4.69) is 9.97 Å². The van der Waals surface area contributed by atoms with Gasteiger partial charge in [0.15, 0.2) is 0 Å². The molecule has 2 aromatic heterocycles. The Bertz CT molecular complexity index is 515. The summed E-state index contributed by atoms with van der Waals surface area (Å²) < 4.78 is 0.643. The molecule has 0 radical (unpaired) electrons. The van der Waals surface area contributed by atoms with Crippen LogP contribution < -0.4 is 0 Å². The van der Waals surface area contributed by atoms with Crippen LogP contribution in [0, 0.1) is 0 Å². The summed E-state index contributed by atoms with van der Waals surface area (Å²) in [5, 5.41) is 8.94. The van der Waals surface area contributed by atoms with E-state index in [1.807, 2.05) is 6.07 Å². The number of carboxylic acids is 1. The topological polar surface area (TPSA) is 63.1 Å². The van der Waals surface area contributed by atoms with Crippen molar-refractivity contribution in [2.24, 2.45) is 0 Å². The van der Waals surface area contributed by atoms with Crippen molar-refractivity contribution in [1.82, 2.24) is 9.97 Å². The van der Waals surface area contributed by atoms with Gasteiger partial charge in [-0.1, -0.05) is 11.6 Å². The second-order valence-electron chi connectivity index (χ2n) is 3.43. The predicted molar refractivity (Wildman–Crippen MR) is 65.5 cm³/mol. The molecular weight excluding hydrogens is 260 g/mol. The third kappa shape index (κ3) is 3.01. The van der Waals surface area contributed by atoms with Crippen molar-refractivity contribution in [2.75, 3.05) is 0 Å². The third-order valence-electron chi connectivity index (χ3n) is 2.28. The molecule has 17 heavy (non-hydrogen) atoms. The Hall–Kier alpha value is -1.46. The van der Waals surface area contributed by atoms with E-state index in [4.69, 9.17) is 16.7 Å². The average Bonchev–Trinajstić information content (AvgIpc) is 2.73. The van der Waals surface area contributed by atoms with Crippen LogP contribution in [0.15, 0.2) is 30.7 Å². The lowest BCUT2D eigenvalue weighted by molar-refractivity contribution is -0.137. The molecule has 2 rings (SSSR count). The Morgan fingerprint density at radius 1 is 1.47 bits per heavy atom. The summed E-state index contributed by atoms with van der Waals surface area (Å²) in [6.45, 7) is 0. The monoisotopic (exact) mass is 268 g/mol. The number of carboxylic acid groups (broad SMARTS) is 1. The Morgan fingerprint density at radius 2 is 2.29 bits per heavy atom. The second-order valence-corrected chi connectivity index (χ2v) is 5.17. The summed E-state index contributed by atoms with van der Waals surface area (Å²) in [4.78, 5) is 19.7. The lowest BCUT2D eigenvalue weighted by Crippen LogP contribution is -2.08. The zero-order chi connectivity index (χ0) is 12.3. The van der Waals surface area contributed by atoms with Crippen LogP contribution in [0.5, 0.6) is 0 Å². The fourth-order valence-electron chi connectivity index (χ4n) is 1.55. The van der Waals surface area contributed by atoms with E-state index in [1.54, 1.807) is 18.3 Å². The number of hydrogen-bond acceptors (Lipinski definition) is 4. The Balaban J connectivity index is 2.35. The van der Waals surface area contributed by atoms with Crippen molar-refractivity contribution in [3.05, 3.63) is 45.6 Å². The normalized spacial score (nSPS) is 12.3. The molecule has 2 aromatic rings. The van der Waals surface area contributed by atoms with E-state index in [0.29, 0.717) is 10.0 Å². The molecule has 0 saturated heterocycles. The zero-order valence-corrected chi connectivity index (χ0v) is 10.3. The van der Waals surface area contributed by atoms with Crippen molar-refractivity contribution in [1.29, 1.82) is 0 Å². The maximum atomic E-state index is 10.9. The van der Waals surface area contributed by atoms with Gasteiger partial charge in [0.1, 0.15) is 6.33 Å². The van der Waals surface area contributed by atoms with E-state index in [-0.39, 0.29) is 12.3 Å². The van der Waals surface area contributed by atoms with Crippen LogP contribution >= 0.6 is 22.9 Å². The van der Waals surface area contributed by atoms with E-state index in [1.165, 1.54) is 17.7 Å². The van der Waals surface area contributed by atoms with Gasteiger partial charge < -0.3 is 5.11 Å². The average molecular weight is 269 g/mol. The number of aliphatic carboxylic acids is 1. The van der Waals surface area contributed by atoms with Crippen molar-refractivity contribution in [3.8, 4) is 0 Å². The highest BCUT2D eigenvalue weighted by Crippen LogP contribution is 2.33. The van der Waals surface area contributed by atoms with Crippen molar-refractivity contribution in [3.63, 3.8) is 0 Å². The van der Waals surface area contributed by atoms with E-state index >= 15 is 0 Å². The number of hydrogen-bond donors (Lipinski definition) is 1. The van der Waals surface area contributed by atoms with Crippen LogP contribution in [0.2, 0.25) is 4.34 Å². The lowest BCUT2D eigenvalue weighted by Gasteiger charge is -2.11. The minimum Gasteiger partial charge on any atom is -0.481 e. The molecule has 0 fully saturated rings. The first-order valence-electron chi connectivity index (χ1n) is 4.90. The lowest BCUT2D eigenvalue weighted by atomic mass is 9.99.